The highest BCUT2D eigenvalue weighted by atomic mass is 16.6. The minimum absolute atomic E-state index is 0.0755. The fourth-order valence-corrected chi connectivity index (χ4v) is 4.19. The molecule has 3 atom stereocenters. The summed E-state index contributed by atoms with van der Waals surface area (Å²) in [4.78, 5) is 10.4. The monoisotopic (exact) mass is 345 g/mol. The van der Waals surface area contributed by atoms with Gasteiger partial charge in [-0.05, 0) is 36.3 Å². The first-order valence-electron chi connectivity index (χ1n) is 8.25. The average Bonchev–Trinajstić information content (AvgIpc) is 2.67. The Morgan fingerprint density at radius 2 is 1.85 bits per heavy atom. The standard InChI is InChI=1S/C19H15N5O2/c20-9-16-14-3-1-2-4-15(14)17(19(10-21,11-22)18(16)23)12-5-7-13(8-6-12)24(25)26/h3,5-8,15-17,23H,1-2,4H2/t15-,16-,17+/m0/s1. The SMILES string of the molecule is N#C[C@@H]1C(=N)C(C#N)(C#N)[C@H](c2ccc([N+](=O)[O-])cc2)[C@H]2CCCC=C12. The van der Waals surface area contributed by atoms with Gasteiger partial charge in [0.05, 0.1) is 28.8 Å². The predicted octanol–water partition coefficient (Wildman–Crippen LogP) is 3.61. The number of nitro groups is 1. The number of nitro benzene ring substituents is 1. The Bertz CT molecular complexity index is 913. The molecule has 0 radical (unpaired) electrons. The van der Waals surface area contributed by atoms with Gasteiger partial charge in [0.2, 0.25) is 0 Å². The van der Waals surface area contributed by atoms with E-state index in [0.717, 1.165) is 18.4 Å². The van der Waals surface area contributed by atoms with Crippen LogP contribution in [0.2, 0.25) is 0 Å². The molecule has 0 bridgehead atoms. The summed E-state index contributed by atoms with van der Waals surface area (Å²) in [6.45, 7) is 0. The Labute approximate surface area is 150 Å². The highest BCUT2D eigenvalue weighted by Gasteiger charge is 2.57. The number of benzene rings is 1. The van der Waals surface area contributed by atoms with Gasteiger partial charge in [0, 0.05) is 18.1 Å². The van der Waals surface area contributed by atoms with Crippen LogP contribution >= 0.6 is 0 Å². The van der Waals surface area contributed by atoms with Crippen molar-refractivity contribution in [3.8, 4) is 18.2 Å². The van der Waals surface area contributed by atoms with Gasteiger partial charge in [-0.25, -0.2) is 0 Å². The molecular weight excluding hydrogens is 330 g/mol. The van der Waals surface area contributed by atoms with Crippen molar-refractivity contribution in [1.82, 2.24) is 0 Å². The van der Waals surface area contributed by atoms with Crippen LogP contribution in [0, 0.1) is 66.8 Å². The first kappa shape index (κ1) is 17.3. The molecule has 26 heavy (non-hydrogen) atoms. The third kappa shape index (κ3) is 2.36. The summed E-state index contributed by atoms with van der Waals surface area (Å²) in [6.07, 6.45) is 4.34. The maximum absolute atomic E-state index is 10.9. The largest absolute Gasteiger partial charge is 0.305 e. The number of fused-ring (bicyclic) bond motifs is 1. The van der Waals surface area contributed by atoms with Gasteiger partial charge in [-0.1, -0.05) is 18.2 Å². The number of allylic oxidation sites excluding steroid dienone is 2. The summed E-state index contributed by atoms with van der Waals surface area (Å²) in [6, 6.07) is 11.9. The maximum Gasteiger partial charge on any atom is 0.269 e. The number of nitriles is 3. The van der Waals surface area contributed by atoms with Gasteiger partial charge in [-0.3, -0.25) is 10.1 Å². The van der Waals surface area contributed by atoms with Gasteiger partial charge >= 0.3 is 0 Å². The quantitative estimate of drug-likeness (QED) is 0.495. The van der Waals surface area contributed by atoms with Crippen molar-refractivity contribution >= 4 is 11.4 Å². The van der Waals surface area contributed by atoms with E-state index in [1.54, 1.807) is 12.1 Å². The van der Waals surface area contributed by atoms with Crippen LogP contribution in [-0.4, -0.2) is 10.6 Å². The number of nitrogens with zero attached hydrogens (tertiary/aromatic N) is 4. The predicted molar refractivity (Wildman–Crippen MR) is 91.8 cm³/mol. The van der Waals surface area contributed by atoms with Gasteiger partial charge in [-0.15, -0.1) is 0 Å². The minimum atomic E-state index is -1.75. The molecule has 128 valence electrons. The van der Waals surface area contributed by atoms with Gasteiger partial charge in [-0.2, -0.15) is 15.8 Å². The Hall–Kier alpha value is -3.50. The van der Waals surface area contributed by atoms with Gasteiger partial charge in [0.15, 0.2) is 5.41 Å². The number of non-ortho nitro benzene ring substituents is 1. The van der Waals surface area contributed by atoms with Crippen molar-refractivity contribution in [3.05, 3.63) is 51.6 Å². The lowest BCUT2D eigenvalue weighted by Gasteiger charge is -2.45. The second-order valence-corrected chi connectivity index (χ2v) is 6.58. The fraction of sp³-hybridized carbons (Fsp3) is 0.368. The van der Waals surface area contributed by atoms with E-state index in [2.05, 4.69) is 6.07 Å². The van der Waals surface area contributed by atoms with Crippen LogP contribution in [0.25, 0.3) is 0 Å². The highest BCUT2D eigenvalue weighted by Crippen LogP contribution is 2.55. The normalized spacial score (nSPS) is 26.4. The van der Waals surface area contributed by atoms with E-state index in [1.807, 2.05) is 18.2 Å². The van der Waals surface area contributed by atoms with E-state index in [-0.39, 0.29) is 17.3 Å². The van der Waals surface area contributed by atoms with Crippen molar-refractivity contribution in [2.24, 2.45) is 17.3 Å². The van der Waals surface area contributed by atoms with E-state index in [1.165, 1.54) is 12.1 Å². The third-order valence-electron chi connectivity index (χ3n) is 5.39. The van der Waals surface area contributed by atoms with Crippen LogP contribution in [0.3, 0.4) is 0 Å². The summed E-state index contributed by atoms with van der Waals surface area (Å²) in [5.74, 6) is -1.70. The summed E-state index contributed by atoms with van der Waals surface area (Å²) in [7, 11) is 0. The van der Waals surface area contributed by atoms with Crippen molar-refractivity contribution in [1.29, 1.82) is 21.2 Å². The molecule has 0 spiro atoms. The van der Waals surface area contributed by atoms with Crippen LogP contribution in [0.4, 0.5) is 5.69 Å². The van der Waals surface area contributed by atoms with Gasteiger partial charge in [0.25, 0.3) is 5.69 Å². The van der Waals surface area contributed by atoms with Crippen molar-refractivity contribution < 1.29 is 4.92 Å². The molecule has 0 unspecified atom stereocenters. The highest BCUT2D eigenvalue weighted by molar-refractivity contribution is 6.00. The summed E-state index contributed by atoms with van der Waals surface area (Å²) in [5.41, 5.74) is -0.618. The maximum atomic E-state index is 10.9. The molecular formula is C19H15N5O2. The number of hydrogen-bond acceptors (Lipinski definition) is 6. The van der Waals surface area contributed by atoms with E-state index in [0.29, 0.717) is 12.0 Å². The topological polar surface area (TPSA) is 138 Å². The lowest BCUT2D eigenvalue weighted by molar-refractivity contribution is -0.384. The van der Waals surface area contributed by atoms with Crippen molar-refractivity contribution in [2.75, 3.05) is 0 Å². The minimum Gasteiger partial charge on any atom is -0.305 e. The molecule has 1 aromatic carbocycles. The van der Waals surface area contributed by atoms with E-state index >= 15 is 0 Å². The number of nitrogens with one attached hydrogen (secondary N) is 1. The molecule has 0 amide bonds. The van der Waals surface area contributed by atoms with Gasteiger partial charge < -0.3 is 5.41 Å². The first-order chi connectivity index (χ1) is 12.5. The van der Waals surface area contributed by atoms with Crippen LogP contribution in [0.1, 0.15) is 30.7 Å². The molecule has 0 aromatic heterocycles. The molecule has 7 heteroatoms. The third-order valence-corrected chi connectivity index (χ3v) is 5.39. The average molecular weight is 345 g/mol. The van der Waals surface area contributed by atoms with Crippen molar-refractivity contribution in [2.45, 2.75) is 25.2 Å². The molecule has 1 saturated carbocycles. The summed E-state index contributed by atoms with van der Waals surface area (Å²) in [5, 5.41) is 48.6. The molecule has 3 rings (SSSR count). The lowest BCUT2D eigenvalue weighted by Crippen LogP contribution is -2.48. The van der Waals surface area contributed by atoms with Crippen LogP contribution < -0.4 is 0 Å². The zero-order valence-corrected chi connectivity index (χ0v) is 13.8. The van der Waals surface area contributed by atoms with Crippen LogP contribution in [0.15, 0.2) is 35.9 Å². The van der Waals surface area contributed by atoms with Crippen LogP contribution in [0.5, 0.6) is 0 Å². The Morgan fingerprint density at radius 1 is 1.19 bits per heavy atom. The molecule has 2 aliphatic carbocycles. The number of hydrogen-bond donors (Lipinski definition) is 1. The number of rotatable bonds is 2. The zero-order chi connectivity index (χ0) is 18.9. The molecule has 0 heterocycles. The molecule has 0 aliphatic heterocycles. The second-order valence-electron chi connectivity index (χ2n) is 6.58. The summed E-state index contributed by atoms with van der Waals surface area (Å²) < 4.78 is 0. The lowest BCUT2D eigenvalue weighted by atomic mass is 9.53. The van der Waals surface area contributed by atoms with Crippen LogP contribution in [-0.2, 0) is 0 Å². The second kappa shape index (κ2) is 6.43. The van der Waals surface area contributed by atoms with E-state index < -0.39 is 22.2 Å². The fourth-order valence-electron chi connectivity index (χ4n) is 4.19. The van der Waals surface area contributed by atoms with Gasteiger partial charge in [0.1, 0.15) is 5.92 Å². The Kier molecular flexibility index (Phi) is 4.28. The summed E-state index contributed by atoms with van der Waals surface area (Å²) >= 11 is 0. The molecule has 1 N–H and O–H groups in total. The first-order valence-corrected chi connectivity index (χ1v) is 8.25. The van der Waals surface area contributed by atoms with E-state index in [9.17, 15) is 25.9 Å². The van der Waals surface area contributed by atoms with Crippen molar-refractivity contribution in [3.63, 3.8) is 0 Å². The van der Waals surface area contributed by atoms with E-state index in [4.69, 9.17) is 5.41 Å². The smallest absolute Gasteiger partial charge is 0.269 e. The molecule has 2 aliphatic rings. The molecule has 1 aromatic rings. The molecule has 7 nitrogen and oxygen atoms in total. The zero-order valence-electron chi connectivity index (χ0n) is 13.8. The Balaban J connectivity index is 2.21. The Morgan fingerprint density at radius 3 is 2.38 bits per heavy atom. The molecule has 1 fully saturated rings. The molecule has 0 saturated heterocycles.